The minimum Gasteiger partial charge on any atom is -0.382 e. The molecule has 1 N–H and O–H groups in total. The van der Waals surface area contributed by atoms with Crippen molar-refractivity contribution < 1.29 is 18.3 Å². The van der Waals surface area contributed by atoms with Gasteiger partial charge < -0.3 is 10.1 Å². The zero-order valence-corrected chi connectivity index (χ0v) is 9.63. The van der Waals surface area contributed by atoms with Crippen LogP contribution in [0.2, 0.25) is 0 Å². The van der Waals surface area contributed by atoms with Crippen molar-refractivity contribution in [3.8, 4) is 0 Å². The third-order valence-corrected chi connectivity index (χ3v) is 2.15. The molecule has 1 aromatic rings. The summed E-state index contributed by atoms with van der Waals surface area (Å²) in [5, 5.41) is 2.50. The van der Waals surface area contributed by atoms with Crippen LogP contribution in [-0.2, 0) is 4.74 Å². The van der Waals surface area contributed by atoms with Gasteiger partial charge in [-0.2, -0.15) is 0 Å². The molecule has 1 amide bonds. The molecule has 3 nitrogen and oxygen atoms in total. The Bertz CT molecular complexity index is 383. The summed E-state index contributed by atoms with van der Waals surface area (Å²) in [6, 6.07) is 3.52. The SMILES string of the molecule is CCOCCCNC(=O)c1cccc(F)c1F. The van der Waals surface area contributed by atoms with E-state index in [1.165, 1.54) is 12.1 Å². The first-order valence-corrected chi connectivity index (χ1v) is 5.46. The number of amides is 1. The number of hydrogen-bond donors (Lipinski definition) is 1. The van der Waals surface area contributed by atoms with E-state index in [2.05, 4.69) is 5.32 Å². The van der Waals surface area contributed by atoms with E-state index in [0.29, 0.717) is 26.2 Å². The molecule has 0 saturated heterocycles. The van der Waals surface area contributed by atoms with Crippen molar-refractivity contribution in [1.29, 1.82) is 0 Å². The molecule has 0 bridgehead atoms. The average Bonchev–Trinajstić information content (AvgIpc) is 2.32. The molecule has 0 aliphatic rings. The number of ether oxygens (including phenoxy) is 1. The molecule has 0 radical (unpaired) electrons. The van der Waals surface area contributed by atoms with Gasteiger partial charge in [-0.3, -0.25) is 4.79 Å². The highest BCUT2D eigenvalue weighted by Gasteiger charge is 2.13. The molecular formula is C12H15F2NO2. The number of hydrogen-bond acceptors (Lipinski definition) is 2. The fourth-order valence-corrected chi connectivity index (χ4v) is 1.29. The molecule has 94 valence electrons. The van der Waals surface area contributed by atoms with Gasteiger partial charge in [-0.1, -0.05) is 6.07 Å². The van der Waals surface area contributed by atoms with Crippen molar-refractivity contribution >= 4 is 5.91 Å². The molecule has 1 aromatic carbocycles. The highest BCUT2D eigenvalue weighted by Crippen LogP contribution is 2.10. The van der Waals surface area contributed by atoms with Crippen LogP contribution in [0.4, 0.5) is 8.78 Å². The molecule has 0 unspecified atom stereocenters. The van der Waals surface area contributed by atoms with Crippen LogP contribution in [0.3, 0.4) is 0 Å². The number of carbonyl (C=O) groups is 1. The maximum absolute atomic E-state index is 13.2. The lowest BCUT2D eigenvalue weighted by molar-refractivity contribution is 0.0939. The van der Waals surface area contributed by atoms with Crippen LogP contribution >= 0.6 is 0 Å². The lowest BCUT2D eigenvalue weighted by Crippen LogP contribution is -2.26. The van der Waals surface area contributed by atoms with Crippen LogP contribution < -0.4 is 5.32 Å². The summed E-state index contributed by atoms with van der Waals surface area (Å²) in [5.41, 5.74) is -0.276. The van der Waals surface area contributed by atoms with Crippen LogP contribution in [0.5, 0.6) is 0 Å². The van der Waals surface area contributed by atoms with Gasteiger partial charge in [0, 0.05) is 19.8 Å². The van der Waals surface area contributed by atoms with Gasteiger partial charge in [0.05, 0.1) is 5.56 Å². The second kappa shape index (κ2) is 6.96. The number of rotatable bonds is 6. The number of nitrogens with one attached hydrogen (secondary N) is 1. The van der Waals surface area contributed by atoms with E-state index in [4.69, 9.17) is 4.74 Å². The Morgan fingerprint density at radius 1 is 1.41 bits per heavy atom. The second-order valence-corrected chi connectivity index (χ2v) is 3.41. The quantitative estimate of drug-likeness (QED) is 0.777. The molecular weight excluding hydrogens is 228 g/mol. The monoisotopic (exact) mass is 243 g/mol. The largest absolute Gasteiger partial charge is 0.382 e. The number of halogens is 2. The first-order chi connectivity index (χ1) is 8.16. The van der Waals surface area contributed by atoms with Crippen LogP contribution in [-0.4, -0.2) is 25.7 Å². The van der Waals surface area contributed by atoms with E-state index in [1.54, 1.807) is 0 Å². The number of carbonyl (C=O) groups excluding carboxylic acids is 1. The predicted octanol–water partition coefficient (Wildman–Crippen LogP) is 2.12. The Kier molecular flexibility index (Phi) is 5.56. The fourth-order valence-electron chi connectivity index (χ4n) is 1.29. The summed E-state index contributed by atoms with van der Waals surface area (Å²) in [4.78, 5) is 11.5. The Labute approximate surface area is 98.8 Å². The highest BCUT2D eigenvalue weighted by molar-refractivity contribution is 5.94. The van der Waals surface area contributed by atoms with Crippen molar-refractivity contribution in [3.05, 3.63) is 35.4 Å². The van der Waals surface area contributed by atoms with E-state index in [-0.39, 0.29) is 5.56 Å². The molecule has 0 aromatic heterocycles. The third-order valence-electron chi connectivity index (χ3n) is 2.15. The molecule has 0 atom stereocenters. The molecule has 0 heterocycles. The third kappa shape index (κ3) is 4.11. The summed E-state index contributed by atoms with van der Waals surface area (Å²) in [6.07, 6.45) is 0.635. The van der Waals surface area contributed by atoms with E-state index in [1.807, 2.05) is 6.92 Å². The first-order valence-electron chi connectivity index (χ1n) is 5.46. The molecule has 0 fully saturated rings. The Morgan fingerprint density at radius 2 is 2.18 bits per heavy atom. The van der Waals surface area contributed by atoms with E-state index >= 15 is 0 Å². The Morgan fingerprint density at radius 3 is 2.88 bits per heavy atom. The van der Waals surface area contributed by atoms with E-state index in [9.17, 15) is 13.6 Å². The summed E-state index contributed by atoms with van der Waals surface area (Å²) in [7, 11) is 0. The van der Waals surface area contributed by atoms with Gasteiger partial charge in [0.1, 0.15) is 0 Å². The molecule has 1 rings (SSSR count). The van der Waals surface area contributed by atoms with Crippen molar-refractivity contribution in [2.75, 3.05) is 19.8 Å². The summed E-state index contributed by atoms with van der Waals surface area (Å²) >= 11 is 0. The zero-order chi connectivity index (χ0) is 12.7. The van der Waals surface area contributed by atoms with Gasteiger partial charge in [0.2, 0.25) is 0 Å². The maximum Gasteiger partial charge on any atom is 0.254 e. The van der Waals surface area contributed by atoms with Crippen LogP contribution in [0, 0.1) is 11.6 Å². The molecule has 0 saturated carbocycles. The van der Waals surface area contributed by atoms with Crippen LogP contribution in [0.15, 0.2) is 18.2 Å². The van der Waals surface area contributed by atoms with Gasteiger partial charge in [-0.25, -0.2) is 8.78 Å². The van der Waals surface area contributed by atoms with Crippen molar-refractivity contribution in [2.45, 2.75) is 13.3 Å². The molecule has 5 heteroatoms. The van der Waals surface area contributed by atoms with E-state index in [0.717, 1.165) is 6.07 Å². The van der Waals surface area contributed by atoms with Crippen molar-refractivity contribution in [1.82, 2.24) is 5.32 Å². The molecule has 17 heavy (non-hydrogen) atoms. The van der Waals surface area contributed by atoms with Gasteiger partial charge in [-0.15, -0.1) is 0 Å². The maximum atomic E-state index is 13.2. The van der Waals surface area contributed by atoms with Gasteiger partial charge in [0.15, 0.2) is 11.6 Å². The smallest absolute Gasteiger partial charge is 0.254 e. The molecule has 0 aliphatic heterocycles. The average molecular weight is 243 g/mol. The van der Waals surface area contributed by atoms with Gasteiger partial charge in [-0.05, 0) is 25.5 Å². The van der Waals surface area contributed by atoms with Crippen molar-refractivity contribution in [3.63, 3.8) is 0 Å². The predicted molar refractivity (Wildman–Crippen MR) is 59.8 cm³/mol. The van der Waals surface area contributed by atoms with Crippen LogP contribution in [0.1, 0.15) is 23.7 Å². The topological polar surface area (TPSA) is 38.3 Å². The van der Waals surface area contributed by atoms with Gasteiger partial charge >= 0.3 is 0 Å². The van der Waals surface area contributed by atoms with Crippen molar-refractivity contribution in [2.24, 2.45) is 0 Å². The standard InChI is InChI=1S/C12H15F2NO2/c1-2-17-8-4-7-15-12(16)9-5-3-6-10(13)11(9)14/h3,5-6H,2,4,7-8H2,1H3,(H,15,16). The van der Waals surface area contributed by atoms with Crippen LogP contribution in [0.25, 0.3) is 0 Å². The summed E-state index contributed by atoms with van der Waals surface area (Å²) < 4.78 is 31.2. The minimum absolute atomic E-state index is 0.276. The lowest BCUT2D eigenvalue weighted by atomic mass is 10.2. The molecule has 0 spiro atoms. The fraction of sp³-hybridized carbons (Fsp3) is 0.417. The van der Waals surface area contributed by atoms with Gasteiger partial charge in [0.25, 0.3) is 5.91 Å². The Balaban J connectivity index is 2.44. The lowest BCUT2D eigenvalue weighted by Gasteiger charge is -2.06. The zero-order valence-electron chi connectivity index (χ0n) is 9.63. The minimum atomic E-state index is -1.12. The van der Waals surface area contributed by atoms with E-state index < -0.39 is 17.5 Å². The normalized spacial score (nSPS) is 10.3. The summed E-state index contributed by atoms with van der Waals surface area (Å²) in [5.74, 6) is -2.75. The second-order valence-electron chi connectivity index (χ2n) is 3.41. The summed E-state index contributed by atoms with van der Waals surface area (Å²) in [6.45, 7) is 3.39. The number of benzene rings is 1. The first kappa shape index (κ1) is 13.6. The Hall–Kier alpha value is -1.49. The highest BCUT2D eigenvalue weighted by atomic mass is 19.2. The molecule has 0 aliphatic carbocycles.